The quantitative estimate of drug-likeness (QED) is 0.768. The van der Waals surface area contributed by atoms with Crippen LogP contribution in [0.4, 0.5) is 4.39 Å². The summed E-state index contributed by atoms with van der Waals surface area (Å²) in [6.45, 7) is 7.78. The number of rotatable bonds is 3. The molecule has 4 heteroatoms. The molecule has 0 bridgehead atoms. The molecule has 0 saturated carbocycles. The fourth-order valence-electron chi connectivity index (χ4n) is 2.24. The number of nitrogens with one attached hydrogen (secondary N) is 1. The maximum Gasteiger partial charge on any atom is 0.257 e. The van der Waals surface area contributed by atoms with Crippen molar-refractivity contribution in [2.75, 3.05) is 32.7 Å². The molecule has 96 valence electrons. The number of carbonyl (C=O) groups is 1. The van der Waals surface area contributed by atoms with Crippen LogP contribution < -0.4 is 4.90 Å². The monoisotopic (exact) mass is 249 g/mol. The minimum Gasteiger partial charge on any atom is -0.329 e. The number of nitrogens with zero attached hydrogens (tertiary/aromatic N) is 1. The number of piperazine rings is 1. The van der Waals surface area contributed by atoms with Crippen molar-refractivity contribution < 1.29 is 14.1 Å². The van der Waals surface area contributed by atoms with Gasteiger partial charge >= 0.3 is 0 Å². The predicted octanol–water partition coefficient (Wildman–Crippen LogP) is 0.352. The molecule has 1 fully saturated rings. The lowest BCUT2D eigenvalue weighted by Crippen LogP contribution is -3.14. The van der Waals surface area contributed by atoms with Crippen molar-refractivity contribution in [2.45, 2.75) is 0 Å². The first kappa shape index (κ1) is 12.8. The van der Waals surface area contributed by atoms with E-state index in [-0.39, 0.29) is 11.5 Å². The SMILES string of the molecule is C=CC[NH+]1CCN(C(=O)c2ccccc2F)CC1. The summed E-state index contributed by atoms with van der Waals surface area (Å²) in [5.74, 6) is -0.644. The van der Waals surface area contributed by atoms with Crippen LogP contribution in [0.2, 0.25) is 0 Å². The molecule has 0 unspecified atom stereocenters. The van der Waals surface area contributed by atoms with Crippen LogP contribution >= 0.6 is 0 Å². The molecular formula is C14H18FN2O+. The van der Waals surface area contributed by atoms with Crippen molar-refractivity contribution in [3.8, 4) is 0 Å². The summed E-state index contributed by atoms with van der Waals surface area (Å²) < 4.78 is 13.5. The van der Waals surface area contributed by atoms with Crippen LogP contribution in [0.5, 0.6) is 0 Å². The Hall–Kier alpha value is -1.68. The van der Waals surface area contributed by atoms with Crippen LogP contribution in [0.25, 0.3) is 0 Å². The third kappa shape index (κ3) is 2.76. The van der Waals surface area contributed by atoms with E-state index in [1.807, 2.05) is 6.08 Å². The second-order valence-corrected chi connectivity index (χ2v) is 4.51. The molecule has 1 amide bonds. The average Bonchev–Trinajstić information content (AvgIpc) is 2.40. The molecule has 1 N–H and O–H groups in total. The van der Waals surface area contributed by atoms with Gasteiger partial charge in [-0.2, -0.15) is 0 Å². The van der Waals surface area contributed by atoms with E-state index < -0.39 is 5.82 Å². The Morgan fingerprint density at radius 1 is 1.39 bits per heavy atom. The van der Waals surface area contributed by atoms with E-state index in [1.165, 1.54) is 11.0 Å². The van der Waals surface area contributed by atoms with E-state index in [0.717, 1.165) is 19.6 Å². The zero-order valence-corrected chi connectivity index (χ0v) is 10.4. The van der Waals surface area contributed by atoms with E-state index in [9.17, 15) is 9.18 Å². The van der Waals surface area contributed by atoms with Crippen molar-refractivity contribution >= 4 is 5.91 Å². The fraction of sp³-hybridized carbons (Fsp3) is 0.357. The number of hydrogen-bond acceptors (Lipinski definition) is 1. The minimum absolute atomic E-state index is 0.171. The topological polar surface area (TPSA) is 24.8 Å². The number of amides is 1. The largest absolute Gasteiger partial charge is 0.329 e. The Kier molecular flexibility index (Phi) is 4.10. The van der Waals surface area contributed by atoms with Gasteiger partial charge in [-0.05, 0) is 18.2 Å². The smallest absolute Gasteiger partial charge is 0.257 e. The van der Waals surface area contributed by atoms with Crippen molar-refractivity contribution in [3.63, 3.8) is 0 Å². The van der Waals surface area contributed by atoms with Crippen LogP contribution in [-0.2, 0) is 0 Å². The third-order valence-electron chi connectivity index (χ3n) is 3.30. The summed E-state index contributed by atoms with van der Waals surface area (Å²) in [6.07, 6.45) is 1.89. The van der Waals surface area contributed by atoms with Gasteiger partial charge < -0.3 is 9.80 Å². The second kappa shape index (κ2) is 5.78. The van der Waals surface area contributed by atoms with Gasteiger partial charge in [-0.1, -0.05) is 18.7 Å². The molecule has 1 aliphatic heterocycles. The molecule has 1 aliphatic rings. The summed E-state index contributed by atoms with van der Waals surface area (Å²) in [6, 6.07) is 6.15. The van der Waals surface area contributed by atoms with Crippen molar-refractivity contribution in [1.29, 1.82) is 0 Å². The minimum atomic E-state index is -0.441. The van der Waals surface area contributed by atoms with Crippen molar-refractivity contribution in [1.82, 2.24) is 4.90 Å². The molecule has 0 spiro atoms. The highest BCUT2D eigenvalue weighted by Crippen LogP contribution is 2.09. The van der Waals surface area contributed by atoms with Gasteiger partial charge in [0.15, 0.2) is 0 Å². The van der Waals surface area contributed by atoms with Gasteiger partial charge in [-0.15, -0.1) is 0 Å². The second-order valence-electron chi connectivity index (χ2n) is 4.51. The Morgan fingerprint density at radius 3 is 2.67 bits per heavy atom. The zero-order chi connectivity index (χ0) is 13.0. The molecule has 1 heterocycles. The molecular weight excluding hydrogens is 231 g/mol. The molecule has 0 aromatic heterocycles. The van der Waals surface area contributed by atoms with Crippen molar-refractivity contribution in [3.05, 3.63) is 48.3 Å². The van der Waals surface area contributed by atoms with Gasteiger partial charge in [0.25, 0.3) is 5.91 Å². The first-order valence-electron chi connectivity index (χ1n) is 6.20. The Bertz CT molecular complexity index is 439. The van der Waals surface area contributed by atoms with Crippen LogP contribution in [-0.4, -0.2) is 43.5 Å². The normalized spacial score (nSPS) is 16.6. The molecule has 0 atom stereocenters. The lowest BCUT2D eigenvalue weighted by atomic mass is 10.1. The Labute approximate surface area is 107 Å². The molecule has 1 aromatic rings. The summed E-state index contributed by atoms with van der Waals surface area (Å²) in [5, 5.41) is 0. The number of quaternary nitrogens is 1. The van der Waals surface area contributed by atoms with E-state index in [0.29, 0.717) is 13.1 Å². The first-order valence-corrected chi connectivity index (χ1v) is 6.20. The van der Waals surface area contributed by atoms with E-state index in [4.69, 9.17) is 0 Å². The van der Waals surface area contributed by atoms with E-state index in [2.05, 4.69) is 6.58 Å². The summed E-state index contributed by atoms with van der Waals surface area (Å²) in [5.41, 5.74) is 0.171. The molecule has 1 saturated heterocycles. The van der Waals surface area contributed by atoms with E-state index >= 15 is 0 Å². The van der Waals surface area contributed by atoms with Crippen molar-refractivity contribution in [2.24, 2.45) is 0 Å². The molecule has 0 aliphatic carbocycles. The van der Waals surface area contributed by atoms with E-state index in [1.54, 1.807) is 23.1 Å². The van der Waals surface area contributed by atoms with Crippen LogP contribution in [0.1, 0.15) is 10.4 Å². The summed E-state index contributed by atoms with van der Waals surface area (Å²) in [7, 11) is 0. The maximum absolute atomic E-state index is 13.5. The zero-order valence-electron chi connectivity index (χ0n) is 10.4. The highest BCUT2D eigenvalue weighted by molar-refractivity contribution is 5.94. The van der Waals surface area contributed by atoms with Gasteiger partial charge in [0.1, 0.15) is 5.82 Å². The fourth-order valence-corrected chi connectivity index (χ4v) is 2.24. The summed E-state index contributed by atoms with van der Waals surface area (Å²) >= 11 is 0. The van der Waals surface area contributed by atoms with Gasteiger partial charge in [-0.3, -0.25) is 4.79 Å². The van der Waals surface area contributed by atoms with Gasteiger partial charge in [-0.25, -0.2) is 4.39 Å². The van der Waals surface area contributed by atoms with Gasteiger partial charge in [0.2, 0.25) is 0 Å². The average molecular weight is 249 g/mol. The van der Waals surface area contributed by atoms with Crippen LogP contribution in [0, 0.1) is 5.82 Å². The number of carbonyl (C=O) groups excluding carboxylic acids is 1. The standard InChI is InChI=1S/C14H17FN2O/c1-2-7-16-8-10-17(11-9-16)14(18)12-5-3-4-6-13(12)15/h2-6H,1,7-11H2/p+1. The highest BCUT2D eigenvalue weighted by Gasteiger charge is 2.25. The molecule has 18 heavy (non-hydrogen) atoms. The molecule has 3 nitrogen and oxygen atoms in total. The molecule has 2 rings (SSSR count). The molecule has 0 radical (unpaired) electrons. The maximum atomic E-state index is 13.5. The predicted molar refractivity (Wildman–Crippen MR) is 68.1 cm³/mol. The van der Waals surface area contributed by atoms with Crippen LogP contribution in [0.3, 0.4) is 0 Å². The number of hydrogen-bond donors (Lipinski definition) is 1. The lowest BCUT2D eigenvalue weighted by Gasteiger charge is -2.31. The lowest BCUT2D eigenvalue weighted by molar-refractivity contribution is -0.898. The van der Waals surface area contributed by atoms with Crippen LogP contribution in [0.15, 0.2) is 36.9 Å². The Balaban J connectivity index is 2.00. The Morgan fingerprint density at radius 2 is 2.06 bits per heavy atom. The first-order chi connectivity index (χ1) is 8.72. The molecule has 1 aromatic carbocycles. The number of benzene rings is 1. The third-order valence-corrected chi connectivity index (χ3v) is 3.30. The number of halogens is 1. The summed E-state index contributed by atoms with van der Waals surface area (Å²) in [4.78, 5) is 15.3. The highest BCUT2D eigenvalue weighted by atomic mass is 19.1. The van der Waals surface area contributed by atoms with Gasteiger partial charge in [0.05, 0.1) is 38.3 Å². The van der Waals surface area contributed by atoms with Gasteiger partial charge in [0, 0.05) is 0 Å².